The molecule has 6 heteroatoms. The number of benzene rings is 1. The highest BCUT2D eigenvalue weighted by molar-refractivity contribution is 7.80. The first-order valence-electron chi connectivity index (χ1n) is 6.07. The number of hydrogen-bond donors (Lipinski definition) is 2. The Morgan fingerprint density at radius 3 is 2.60 bits per heavy atom. The zero-order valence-electron chi connectivity index (χ0n) is 11.5. The standard InChI is InChI=1S/C14H15ClN4S/c1-7-4-5-10(15)6-11(7)17-14-12(13(16)20)8(2)9(3)18-19-14/h4-6H,1-3H3,(H2,16,20)(H,17,19). The van der Waals surface area contributed by atoms with Crippen molar-refractivity contribution in [3.63, 3.8) is 0 Å². The van der Waals surface area contributed by atoms with Crippen LogP contribution in [0.25, 0.3) is 0 Å². The van der Waals surface area contributed by atoms with Crippen LogP contribution in [0.5, 0.6) is 0 Å². The predicted octanol–water partition coefficient (Wildman–Crippen LogP) is 3.43. The van der Waals surface area contributed by atoms with Crippen LogP contribution in [0.3, 0.4) is 0 Å². The van der Waals surface area contributed by atoms with Gasteiger partial charge in [0, 0.05) is 10.7 Å². The first kappa shape index (κ1) is 14.7. The van der Waals surface area contributed by atoms with Gasteiger partial charge in [0.2, 0.25) is 0 Å². The van der Waals surface area contributed by atoms with Gasteiger partial charge in [0.25, 0.3) is 0 Å². The molecule has 0 atom stereocenters. The molecule has 0 saturated carbocycles. The van der Waals surface area contributed by atoms with Crippen LogP contribution in [0.4, 0.5) is 11.5 Å². The third kappa shape index (κ3) is 2.89. The largest absolute Gasteiger partial charge is 0.389 e. The van der Waals surface area contributed by atoms with Gasteiger partial charge in [-0.25, -0.2) is 0 Å². The molecule has 0 saturated heterocycles. The van der Waals surface area contributed by atoms with Crippen molar-refractivity contribution in [2.75, 3.05) is 5.32 Å². The fourth-order valence-corrected chi connectivity index (χ4v) is 2.28. The number of hydrogen-bond acceptors (Lipinski definition) is 4. The summed E-state index contributed by atoms with van der Waals surface area (Å²) in [5, 5.41) is 12.1. The van der Waals surface area contributed by atoms with Gasteiger partial charge in [0.05, 0.1) is 11.3 Å². The predicted molar refractivity (Wildman–Crippen MR) is 86.9 cm³/mol. The second kappa shape index (κ2) is 5.73. The van der Waals surface area contributed by atoms with Crippen molar-refractivity contribution in [3.05, 3.63) is 45.6 Å². The lowest BCUT2D eigenvalue weighted by molar-refractivity contribution is 0.963. The Balaban J connectivity index is 2.51. The SMILES string of the molecule is Cc1ccc(Cl)cc1Nc1nnc(C)c(C)c1C(N)=S. The average Bonchev–Trinajstić information content (AvgIpc) is 2.38. The van der Waals surface area contributed by atoms with Crippen LogP contribution in [0.15, 0.2) is 18.2 Å². The minimum Gasteiger partial charge on any atom is -0.389 e. The van der Waals surface area contributed by atoms with Crippen molar-refractivity contribution < 1.29 is 0 Å². The summed E-state index contributed by atoms with van der Waals surface area (Å²) in [6.45, 7) is 5.78. The van der Waals surface area contributed by atoms with E-state index in [9.17, 15) is 0 Å². The molecule has 1 aromatic heterocycles. The summed E-state index contributed by atoms with van der Waals surface area (Å²) in [5.74, 6) is 0.547. The van der Waals surface area contributed by atoms with Gasteiger partial charge in [0.1, 0.15) is 4.99 Å². The Labute approximate surface area is 128 Å². The maximum absolute atomic E-state index is 6.02. The van der Waals surface area contributed by atoms with E-state index >= 15 is 0 Å². The molecule has 104 valence electrons. The van der Waals surface area contributed by atoms with Crippen molar-refractivity contribution in [3.8, 4) is 0 Å². The Morgan fingerprint density at radius 1 is 1.25 bits per heavy atom. The molecular weight excluding hydrogens is 292 g/mol. The molecule has 3 N–H and O–H groups in total. The Kier molecular flexibility index (Phi) is 4.20. The number of nitrogens with zero attached hydrogens (tertiary/aromatic N) is 2. The summed E-state index contributed by atoms with van der Waals surface area (Å²) in [7, 11) is 0. The molecule has 0 amide bonds. The summed E-state index contributed by atoms with van der Waals surface area (Å²) >= 11 is 11.1. The highest BCUT2D eigenvalue weighted by Gasteiger charge is 2.14. The molecule has 0 aliphatic rings. The van der Waals surface area contributed by atoms with Crippen molar-refractivity contribution >= 4 is 40.3 Å². The molecule has 0 radical (unpaired) electrons. The monoisotopic (exact) mass is 306 g/mol. The van der Waals surface area contributed by atoms with E-state index in [2.05, 4.69) is 15.5 Å². The van der Waals surface area contributed by atoms with Crippen LogP contribution >= 0.6 is 23.8 Å². The number of halogens is 1. The van der Waals surface area contributed by atoms with Gasteiger partial charge in [-0.3, -0.25) is 0 Å². The highest BCUT2D eigenvalue weighted by Crippen LogP contribution is 2.26. The molecule has 0 unspecified atom stereocenters. The smallest absolute Gasteiger partial charge is 0.163 e. The molecule has 0 aliphatic heterocycles. The molecule has 0 aliphatic carbocycles. The average molecular weight is 307 g/mol. The van der Waals surface area contributed by atoms with E-state index in [0.29, 0.717) is 21.4 Å². The molecular formula is C14H15ClN4S. The zero-order chi connectivity index (χ0) is 14.9. The van der Waals surface area contributed by atoms with Crippen LogP contribution in [-0.4, -0.2) is 15.2 Å². The molecule has 0 fully saturated rings. The van der Waals surface area contributed by atoms with Crippen LogP contribution in [0.1, 0.15) is 22.4 Å². The third-order valence-corrected chi connectivity index (χ3v) is 3.59. The topological polar surface area (TPSA) is 63.8 Å². The van der Waals surface area contributed by atoms with E-state index in [1.807, 2.05) is 39.0 Å². The van der Waals surface area contributed by atoms with Crippen LogP contribution in [-0.2, 0) is 0 Å². The van der Waals surface area contributed by atoms with E-state index in [1.54, 1.807) is 0 Å². The van der Waals surface area contributed by atoms with E-state index in [-0.39, 0.29) is 0 Å². The fourth-order valence-electron chi connectivity index (χ4n) is 1.85. The first-order valence-corrected chi connectivity index (χ1v) is 6.85. The fraction of sp³-hybridized carbons (Fsp3) is 0.214. The van der Waals surface area contributed by atoms with Crippen LogP contribution < -0.4 is 11.1 Å². The Morgan fingerprint density at radius 2 is 1.95 bits per heavy atom. The minimum absolute atomic E-state index is 0.294. The van der Waals surface area contributed by atoms with Gasteiger partial charge >= 0.3 is 0 Å². The van der Waals surface area contributed by atoms with E-state index in [0.717, 1.165) is 22.5 Å². The quantitative estimate of drug-likeness (QED) is 0.851. The molecule has 0 spiro atoms. The number of thiocarbonyl (C=S) groups is 1. The van der Waals surface area contributed by atoms with Gasteiger partial charge in [-0.15, -0.1) is 5.10 Å². The second-order valence-corrected chi connectivity index (χ2v) is 5.46. The molecule has 1 aromatic carbocycles. The summed E-state index contributed by atoms with van der Waals surface area (Å²) < 4.78 is 0. The van der Waals surface area contributed by atoms with Crippen LogP contribution in [0, 0.1) is 20.8 Å². The number of rotatable bonds is 3. The van der Waals surface area contributed by atoms with Gasteiger partial charge < -0.3 is 11.1 Å². The molecule has 4 nitrogen and oxygen atoms in total. The van der Waals surface area contributed by atoms with Crippen molar-refractivity contribution in [2.24, 2.45) is 5.73 Å². The lowest BCUT2D eigenvalue weighted by atomic mass is 10.1. The maximum atomic E-state index is 6.02. The van der Waals surface area contributed by atoms with E-state index in [4.69, 9.17) is 29.6 Å². The molecule has 1 heterocycles. The van der Waals surface area contributed by atoms with E-state index in [1.165, 1.54) is 0 Å². The molecule has 2 rings (SSSR count). The summed E-state index contributed by atoms with van der Waals surface area (Å²) in [6.07, 6.45) is 0. The molecule has 2 aromatic rings. The second-order valence-electron chi connectivity index (χ2n) is 4.58. The zero-order valence-corrected chi connectivity index (χ0v) is 13.1. The molecule has 20 heavy (non-hydrogen) atoms. The summed E-state index contributed by atoms with van der Waals surface area (Å²) in [5.41, 5.74) is 10.1. The first-order chi connectivity index (χ1) is 9.40. The molecule has 0 bridgehead atoms. The summed E-state index contributed by atoms with van der Waals surface area (Å²) in [6, 6.07) is 5.60. The number of nitrogens with one attached hydrogen (secondary N) is 1. The third-order valence-electron chi connectivity index (χ3n) is 3.15. The normalized spacial score (nSPS) is 10.4. The lowest BCUT2D eigenvalue weighted by Crippen LogP contribution is -2.17. The van der Waals surface area contributed by atoms with Gasteiger partial charge in [0.15, 0.2) is 5.82 Å². The van der Waals surface area contributed by atoms with Gasteiger partial charge in [-0.1, -0.05) is 29.9 Å². The minimum atomic E-state index is 0.294. The summed E-state index contributed by atoms with van der Waals surface area (Å²) in [4.78, 5) is 0.294. The van der Waals surface area contributed by atoms with Crippen molar-refractivity contribution in [2.45, 2.75) is 20.8 Å². The number of aryl methyl sites for hydroxylation is 2. The van der Waals surface area contributed by atoms with Crippen molar-refractivity contribution in [1.82, 2.24) is 10.2 Å². The van der Waals surface area contributed by atoms with Crippen LogP contribution in [0.2, 0.25) is 5.02 Å². The van der Waals surface area contributed by atoms with Crippen molar-refractivity contribution in [1.29, 1.82) is 0 Å². The Hall–Kier alpha value is -1.72. The van der Waals surface area contributed by atoms with E-state index < -0.39 is 0 Å². The number of anilines is 2. The highest BCUT2D eigenvalue weighted by atomic mass is 35.5. The maximum Gasteiger partial charge on any atom is 0.163 e. The van der Waals surface area contributed by atoms with Gasteiger partial charge in [-0.2, -0.15) is 5.10 Å². The lowest BCUT2D eigenvalue weighted by Gasteiger charge is -2.14. The number of nitrogens with two attached hydrogens (primary N) is 1. The van der Waals surface area contributed by atoms with Gasteiger partial charge in [-0.05, 0) is 44.0 Å². The Bertz CT molecular complexity index is 685. The number of aromatic nitrogens is 2.